The molecule has 5 nitrogen and oxygen atoms in total. The fourth-order valence-electron chi connectivity index (χ4n) is 1.73. The van der Waals surface area contributed by atoms with Crippen LogP contribution in [0.3, 0.4) is 0 Å². The largest absolute Gasteiger partial charge is 0.462 e. The summed E-state index contributed by atoms with van der Waals surface area (Å²) >= 11 is 12.0. The molecule has 0 bridgehead atoms. The summed E-state index contributed by atoms with van der Waals surface area (Å²) in [6.07, 6.45) is 1.41. The third-order valence-electron chi connectivity index (χ3n) is 2.61. The van der Waals surface area contributed by atoms with Crippen molar-refractivity contribution in [2.45, 2.75) is 6.92 Å². The Hall–Kier alpha value is -1.59. The number of carbonyl (C=O) groups excluding carboxylic acids is 1. The number of esters is 1. The molecule has 0 fully saturated rings. The summed E-state index contributed by atoms with van der Waals surface area (Å²) in [5.41, 5.74) is -0.402. The number of ether oxygens (including phenoxy) is 1. The first kappa shape index (κ1) is 13.8. The van der Waals surface area contributed by atoms with Crippen LogP contribution in [-0.2, 0) is 11.8 Å². The van der Waals surface area contributed by atoms with Gasteiger partial charge in [-0.05, 0) is 13.0 Å². The summed E-state index contributed by atoms with van der Waals surface area (Å²) < 4.78 is 6.07. The van der Waals surface area contributed by atoms with E-state index in [-0.39, 0.29) is 17.2 Å². The summed E-state index contributed by atoms with van der Waals surface area (Å²) in [5.74, 6) is -0.755. The van der Waals surface area contributed by atoms with Crippen LogP contribution in [0.15, 0.2) is 17.1 Å². The minimum atomic E-state index is -0.755. The average molecular weight is 301 g/mol. The van der Waals surface area contributed by atoms with E-state index in [2.05, 4.69) is 4.98 Å². The summed E-state index contributed by atoms with van der Waals surface area (Å²) in [6, 6.07) is 1.55. The Balaban J connectivity index is 2.86. The molecule has 19 heavy (non-hydrogen) atoms. The minimum absolute atomic E-state index is 0.00606. The maximum Gasteiger partial charge on any atom is 0.345 e. The number of aromatic nitrogens is 2. The second-order valence-electron chi connectivity index (χ2n) is 3.80. The molecule has 0 saturated carbocycles. The molecule has 0 atom stereocenters. The van der Waals surface area contributed by atoms with Crippen molar-refractivity contribution in [1.82, 2.24) is 9.55 Å². The predicted molar refractivity (Wildman–Crippen MR) is 73.0 cm³/mol. The van der Waals surface area contributed by atoms with E-state index in [0.29, 0.717) is 16.1 Å². The highest BCUT2D eigenvalue weighted by atomic mass is 35.5. The number of nitrogens with zero attached hydrogens (tertiary/aromatic N) is 2. The van der Waals surface area contributed by atoms with E-state index in [4.69, 9.17) is 27.9 Å². The second-order valence-corrected chi connectivity index (χ2v) is 4.61. The van der Waals surface area contributed by atoms with Crippen LogP contribution in [-0.4, -0.2) is 22.1 Å². The lowest BCUT2D eigenvalue weighted by Gasteiger charge is -2.10. The molecular weight excluding hydrogens is 291 g/mol. The van der Waals surface area contributed by atoms with Gasteiger partial charge in [-0.25, -0.2) is 9.78 Å². The normalized spacial score (nSPS) is 10.7. The van der Waals surface area contributed by atoms with Crippen molar-refractivity contribution in [1.29, 1.82) is 0 Å². The SMILES string of the molecule is CCOC(=O)c1c(Cl)c2cc(Cl)cnc2n(C)c1=O. The van der Waals surface area contributed by atoms with E-state index in [9.17, 15) is 9.59 Å². The number of fused-ring (bicyclic) bond motifs is 1. The predicted octanol–water partition coefficient (Wildman–Crippen LogP) is 2.42. The number of rotatable bonds is 2. The maximum absolute atomic E-state index is 12.1. The van der Waals surface area contributed by atoms with Crippen LogP contribution >= 0.6 is 23.2 Å². The lowest BCUT2D eigenvalue weighted by molar-refractivity contribution is 0.0524. The molecule has 2 heterocycles. The van der Waals surface area contributed by atoms with E-state index in [1.807, 2.05) is 0 Å². The molecule has 2 aromatic heterocycles. The molecule has 0 aliphatic rings. The fourth-order valence-corrected chi connectivity index (χ4v) is 2.19. The highest BCUT2D eigenvalue weighted by Crippen LogP contribution is 2.26. The zero-order valence-electron chi connectivity index (χ0n) is 10.2. The van der Waals surface area contributed by atoms with Crippen LogP contribution in [0, 0.1) is 0 Å². The molecule has 0 N–H and O–H groups in total. The smallest absolute Gasteiger partial charge is 0.345 e. The Bertz CT molecular complexity index is 725. The van der Waals surface area contributed by atoms with Gasteiger partial charge in [0.1, 0.15) is 11.2 Å². The Morgan fingerprint density at radius 1 is 1.47 bits per heavy atom. The van der Waals surface area contributed by atoms with Crippen molar-refractivity contribution >= 4 is 40.2 Å². The number of aryl methyl sites for hydroxylation is 1. The molecule has 0 aliphatic carbocycles. The number of pyridine rings is 2. The van der Waals surface area contributed by atoms with Gasteiger partial charge >= 0.3 is 5.97 Å². The molecule has 2 aromatic rings. The Morgan fingerprint density at radius 2 is 2.16 bits per heavy atom. The summed E-state index contributed by atoms with van der Waals surface area (Å²) in [5, 5.41) is 0.800. The molecule has 0 aliphatic heterocycles. The van der Waals surface area contributed by atoms with Crippen molar-refractivity contribution in [3.8, 4) is 0 Å². The quantitative estimate of drug-likeness (QED) is 0.799. The minimum Gasteiger partial charge on any atom is -0.462 e. The lowest BCUT2D eigenvalue weighted by atomic mass is 10.2. The number of halogens is 2. The van der Waals surface area contributed by atoms with Crippen LogP contribution in [0.5, 0.6) is 0 Å². The van der Waals surface area contributed by atoms with Gasteiger partial charge in [-0.15, -0.1) is 0 Å². The molecular formula is C12H10Cl2N2O3. The van der Waals surface area contributed by atoms with Crippen LogP contribution < -0.4 is 5.56 Å². The van der Waals surface area contributed by atoms with Gasteiger partial charge in [-0.1, -0.05) is 23.2 Å². The Kier molecular flexibility index (Phi) is 3.78. The molecule has 0 unspecified atom stereocenters. The van der Waals surface area contributed by atoms with Gasteiger partial charge in [0.2, 0.25) is 0 Å². The first-order valence-electron chi connectivity index (χ1n) is 5.48. The van der Waals surface area contributed by atoms with Crippen LogP contribution in [0.1, 0.15) is 17.3 Å². The van der Waals surface area contributed by atoms with Crippen molar-refractivity contribution in [2.24, 2.45) is 7.05 Å². The van der Waals surface area contributed by atoms with E-state index in [1.165, 1.54) is 17.8 Å². The van der Waals surface area contributed by atoms with Crippen LogP contribution in [0.2, 0.25) is 10.0 Å². The molecule has 0 spiro atoms. The van der Waals surface area contributed by atoms with Crippen LogP contribution in [0.25, 0.3) is 11.0 Å². The summed E-state index contributed by atoms with van der Waals surface area (Å²) in [7, 11) is 1.50. The van der Waals surface area contributed by atoms with E-state index in [1.54, 1.807) is 13.0 Å². The molecule has 0 saturated heterocycles. The van der Waals surface area contributed by atoms with Crippen molar-refractivity contribution < 1.29 is 9.53 Å². The van der Waals surface area contributed by atoms with Crippen molar-refractivity contribution in [3.63, 3.8) is 0 Å². The van der Waals surface area contributed by atoms with Gasteiger partial charge in [-0.3, -0.25) is 9.36 Å². The first-order chi connectivity index (χ1) is 8.97. The zero-order valence-corrected chi connectivity index (χ0v) is 11.7. The van der Waals surface area contributed by atoms with Gasteiger partial charge in [0.05, 0.1) is 16.7 Å². The molecule has 0 amide bonds. The number of hydrogen-bond donors (Lipinski definition) is 0. The lowest BCUT2D eigenvalue weighted by Crippen LogP contribution is -2.27. The van der Waals surface area contributed by atoms with Gasteiger partial charge in [-0.2, -0.15) is 0 Å². The van der Waals surface area contributed by atoms with Gasteiger partial charge in [0.15, 0.2) is 0 Å². The molecule has 100 valence electrons. The van der Waals surface area contributed by atoms with E-state index >= 15 is 0 Å². The highest BCUT2D eigenvalue weighted by molar-refractivity contribution is 6.38. The van der Waals surface area contributed by atoms with Crippen molar-refractivity contribution in [3.05, 3.63) is 38.2 Å². The monoisotopic (exact) mass is 300 g/mol. The first-order valence-corrected chi connectivity index (χ1v) is 6.23. The molecule has 7 heteroatoms. The Morgan fingerprint density at radius 3 is 2.79 bits per heavy atom. The molecule has 0 aromatic carbocycles. The second kappa shape index (κ2) is 5.19. The van der Waals surface area contributed by atoms with Gasteiger partial charge < -0.3 is 4.74 Å². The third-order valence-corrected chi connectivity index (χ3v) is 3.20. The summed E-state index contributed by atoms with van der Waals surface area (Å²) in [6.45, 7) is 1.81. The third kappa shape index (κ3) is 2.31. The van der Waals surface area contributed by atoms with Gasteiger partial charge in [0.25, 0.3) is 5.56 Å². The van der Waals surface area contributed by atoms with Crippen LogP contribution in [0.4, 0.5) is 0 Å². The number of carbonyl (C=O) groups is 1. The van der Waals surface area contributed by atoms with E-state index < -0.39 is 11.5 Å². The zero-order chi connectivity index (χ0) is 14.2. The Labute approximate surface area is 118 Å². The highest BCUT2D eigenvalue weighted by Gasteiger charge is 2.21. The van der Waals surface area contributed by atoms with E-state index in [0.717, 1.165) is 0 Å². The molecule has 2 rings (SSSR count). The maximum atomic E-state index is 12.1. The standard InChI is InChI=1S/C12H10Cl2N2O3/c1-3-19-12(18)8-9(14)7-4-6(13)5-15-10(7)16(2)11(8)17/h4-5H,3H2,1-2H3. The fraction of sp³-hybridized carbons (Fsp3) is 0.250. The van der Waals surface area contributed by atoms with Gasteiger partial charge in [0, 0.05) is 18.6 Å². The number of hydrogen-bond acceptors (Lipinski definition) is 4. The van der Waals surface area contributed by atoms with Crippen molar-refractivity contribution in [2.75, 3.05) is 6.61 Å². The topological polar surface area (TPSA) is 61.2 Å². The average Bonchev–Trinajstić information content (AvgIpc) is 2.36. The summed E-state index contributed by atoms with van der Waals surface area (Å²) in [4.78, 5) is 27.9. The molecule has 0 radical (unpaired) electrons.